The maximum Gasteiger partial charge on any atom is 0.310 e. The number of carboxylic acid groups (broad SMARTS) is 1. The first kappa shape index (κ1) is 16.1. The van der Waals surface area contributed by atoms with Gasteiger partial charge in [0.15, 0.2) is 0 Å². The van der Waals surface area contributed by atoms with Crippen molar-refractivity contribution in [3.8, 4) is 0 Å². The summed E-state index contributed by atoms with van der Waals surface area (Å²) < 4.78 is 0.268. The van der Waals surface area contributed by atoms with Gasteiger partial charge in [0.2, 0.25) is 0 Å². The van der Waals surface area contributed by atoms with E-state index in [2.05, 4.69) is 21.2 Å². The van der Waals surface area contributed by atoms with Crippen LogP contribution in [0.15, 0.2) is 22.7 Å². The number of carbonyl (C=O) groups excluding carboxylic acids is 1. The van der Waals surface area contributed by atoms with Crippen molar-refractivity contribution < 1.29 is 19.6 Å². The molecule has 0 aliphatic heterocycles. The minimum Gasteiger partial charge on any atom is -0.481 e. The Bertz CT molecular complexity index is 571. The molecule has 0 aromatic heterocycles. The predicted molar refractivity (Wildman–Crippen MR) is 74.5 cm³/mol. The van der Waals surface area contributed by atoms with Crippen molar-refractivity contribution in [3.63, 3.8) is 0 Å². The van der Waals surface area contributed by atoms with Crippen molar-refractivity contribution in [2.45, 2.75) is 13.8 Å². The Morgan fingerprint density at radius 3 is 2.55 bits per heavy atom. The molecule has 108 valence electrons. The van der Waals surface area contributed by atoms with Crippen LogP contribution >= 0.6 is 15.9 Å². The van der Waals surface area contributed by atoms with Crippen LogP contribution in [0, 0.1) is 15.5 Å². The van der Waals surface area contributed by atoms with Gasteiger partial charge < -0.3 is 10.4 Å². The van der Waals surface area contributed by atoms with Gasteiger partial charge in [0.25, 0.3) is 11.6 Å². The monoisotopic (exact) mass is 344 g/mol. The summed E-state index contributed by atoms with van der Waals surface area (Å²) in [5.74, 6) is -1.60. The van der Waals surface area contributed by atoms with Gasteiger partial charge in [-0.15, -0.1) is 0 Å². The third-order valence-corrected chi connectivity index (χ3v) is 3.35. The fourth-order valence-electron chi connectivity index (χ4n) is 1.27. The molecule has 1 rings (SSSR count). The zero-order valence-corrected chi connectivity index (χ0v) is 12.4. The van der Waals surface area contributed by atoms with E-state index in [9.17, 15) is 19.7 Å². The molecule has 0 saturated carbocycles. The number of hydrogen-bond acceptors (Lipinski definition) is 4. The Morgan fingerprint density at radius 1 is 1.45 bits per heavy atom. The molecule has 0 aliphatic rings. The van der Waals surface area contributed by atoms with Crippen LogP contribution < -0.4 is 5.32 Å². The van der Waals surface area contributed by atoms with Crippen LogP contribution in [0.1, 0.15) is 24.2 Å². The lowest BCUT2D eigenvalue weighted by atomic mass is 9.94. The summed E-state index contributed by atoms with van der Waals surface area (Å²) in [6, 6.07) is 3.95. The molecule has 0 bridgehead atoms. The molecule has 0 aliphatic carbocycles. The number of carboxylic acids is 1. The Hall–Kier alpha value is -1.96. The predicted octanol–water partition coefficient (Wildman–Crippen LogP) is 2.20. The summed E-state index contributed by atoms with van der Waals surface area (Å²) in [4.78, 5) is 32.9. The summed E-state index contributed by atoms with van der Waals surface area (Å²) in [7, 11) is 0. The van der Waals surface area contributed by atoms with Gasteiger partial charge in [0, 0.05) is 18.2 Å². The van der Waals surface area contributed by atoms with Crippen LogP contribution in [0.3, 0.4) is 0 Å². The minimum atomic E-state index is -1.11. The van der Waals surface area contributed by atoms with Crippen LogP contribution in [0.4, 0.5) is 5.69 Å². The van der Waals surface area contributed by atoms with E-state index in [-0.39, 0.29) is 22.3 Å². The molecule has 0 atom stereocenters. The number of hydrogen-bond donors (Lipinski definition) is 2. The van der Waals surface area contributed by atoms with E-state index < -0.39 is 22.2 Å². The summed E-state index contributed by atoms with van der Waals surface area (Å²) in [5.41, 5.74) is -1.24. The second-order valence-corrected chi connectivity index (χ2v) is 5.65. The van der Waals surface area contributed by atoms with Crippen LogP contribution in [0.2, 0.25) is 0 Å². The number of aliphatic carboxylic acids is 1. The molecule has 0 unspecified atom stereocenters. The molecular formula is C12H13BrN2O5. The van der Waals surface area contributed by atoms with Crippen LogP contribution in [-0.4, -0.2) is 28.5 Å². The molecule has 0 heterocycles. The molecule has 0 fully saturated rings. The first-order valence-corrected chi connectivity index (χ1v) is 6.40. The summed E-state index contributed by atoms with van der Waals surface area (Å²) in [5, 5.41) is 22.1. The highest BCUT2D eigenvalue weighted by Gasteiger charge is 2.28. The van der Waals surface area contributed by atoms with Gasteiger partial charge in [-0.05, 0) is 41.9 Å². The first-order chi connectivity index (χ1) is 9.15. The molecule has 7 nitrogen and oxygen atoms in total. The van der Waals surface area contributed by atoms with Gasteiger partial charge in [-0.25, -0.2) is 0 Å². The molecule has 1 amide bonds. The number of nitrogens with one attached hydrogen (secondary N) is 1. The topological polar surface area (TPSA) is 110 Å². The number of halogens is 1. The molecule has 8 heteroatoms. The minimum absolute atomic E-state index is 0.0783. The maximum atomic E-state index is 11.9. The molecule has 0 radical (unpaired) electrons. The third kappa shape index (κ3) is 3.77. The molecule has 1 aromatic carbocycles. The number of amides is 1. The Kier molecular flexibility index (Phi) is 4.83. The molecule has 2 N–H and O–H groups in total. The SMILES string of the molecule is CC(C)(CNC(=O)c1ccc(Br)c([N+](=O)[O-])c1)C(=O)O. The van der Waals surface area contributed by atoms with Crippen molar-refractivity contribution in [2.24, 2.45) is 5.41 Å². The molecule has 1 aromatic rings. The number of nitro groups is 1. The highest BCUT2D eigenvalue weighted by atomic mass is 79.9. The van der Waals surface area contributed by atoms with E-state index in [1.165, 1.54) is 26.0 Å². The van der Waals surface area contributed by atoms with Gasteiger partial charge in [-0.2, -0.15) is 0 Å². The lowest BCUT2D eigenvalue weighted by molar-refractivity contribution is -0.385. The second kappa shape index (κ2) is 6.00. The lowest BCUT2D eigenvalue weighted by Gasteiger charge is -2.19. The molecular weight excluding hydrogens is 332 g/mol. The molecule has 0 saturated heterocycles. The highest BCUT2D eigenvalue weighted by Crippen LogP contribution is 2.25. The zero-order chi connectivity index (χ0) is 15.5. The Labute approximate surface area is 123 Å². The lowest BCUT2D eigenvalue weighted by Crippen LogP contribution is -2.38. The fourth-order valence-corrected chi connectivity index (χ4v) is 1.66. The third-order valence-electron chi connectivity index (χ3n) is 2.67. The van der Waals surface area contributed by atoms with Gasteiger partial charge >= 0.3 is 5.97 Å². The number of nitrogens with zero attached hydrogens (tertiary/aromatic N) is 1. The van der Waals surface area contributed by atoms with Crippen LogP contribution in [-0.2, 0) is 4.79 Å². The summed E-state index contributed by atoms with van der Waals surface area (Å²) in [6.07, 6.45) is 0. The number of carbonyl (C=O) groups is 2. The number of benzene rings is 1. The van der Waals surface area contributed by atoms with E-state index in [0.29, 0.717) is 0 Å². The first-order valence-electron chi connectivity index (χ1n) is 5.60. The Morgan fingerprint density at radius 2 is 2.05 bits per heavy atom. The van der Waals surface area contributed by atoms with Crippen molar-refractivity contribution in [1.82, 2.24) is 5.32 Å². The largest absolute Gasteiger partial charge is 0.481 e. The van der Waals surface area contributed by atoms with E-state index >= 15 is 0 Å². The standard InChI is InChI=1S/C12H13BrN2O5/c1-12(2,11(17)18)6-14-10(16)7-3-4-8(13)9(5-7)15(19)20/h3-5H,6H2,1-2H3,(H,14,16)(H,17,18). The number of rotatable bonds is 5. The Balaban J connectivity index is 2.86. The van der Waals surface area contributed by atoms with E-state index in [0.717, 1.165) is 6.07 Å². The van der Waals surface area contributed by atoms with Crippen molar-refractivity contribution in [1.29, 1.82) is 0 Å². The van der Waals surface area contributed by atoms with E-state index in [1.807, 2.05) is 0 Å². The normalized spacial score (nSPS) is 10.9. The van der Waals surface area contributed by atoms with Crippen molar-refractivity contribution >= 4 is 33.5 Å². The summed E-state index contributed by atoms with van der Waals surface area (Å²) >= 11 is 3.02. The van der Waals surface area contributed by atoms with Crippen LogP contribution in [0.25, 0.3) is 0 Å². The second-order valence-electron chi connectivity index (χ2n) is 4.80. The fraction of sp³-hybridized carbons (Fsp3) is 0.333. The van der Waals surface area contributed by atoms with Gasteiger partial charge in [-0.1, -0.05) is 0 Å². The quantitative estimate of drug-likeness (QED) is 0.628. The maximum absolute atomic E-state index is 11.9. The van der Waals surface area contributed by atoms with E-state index in [4.69, 9.17) is 5.11 Å². The average molecular weight is 345 g/mol. The van der Waals surface area contributed by atoms with Gasteiger partial charge in [-0.3, -0.25) is 19.7 Å². The highest BCUT2D eigenvalue weighted by molar-refractivity contribution is 9.10. The van der Waals surface area contributed by atoms with E-state index in [1.54, 1.807) is 0 Å². The van der Waals surface area contributed by atoms with Gasteiger partial charge in [0.05, 0.1) is 14.8 Å². The van der Waals surface area contributed by atoms with Crippen LogP contribution in [0.5, 0.6) is 0 Å². The average Bonchev–Trinajstić information content (AvgIpc) is 2.36. The van der Waals surface area contributed by atoms with Crippen molar-refractivity contribution in [3.05, 3.63) is 38.3 Å². The zero-order valence-electron chi connectivity index (χ0n) is 10.8. The van der Waals surface area contributed by atoms with Crippen molar-refractivity contribution in [2.75, 3.05) is 6.54 Å². The van der Waals surface area contributed by atoms with Gasteiger partial charge in [0.1, 0.15) is 0 Å². The summed E-state index contributed by atoms with van der Waals surface area (Å²) in [6.45, 7) is 2.87. The number of nitro benzene ring substituents is 1. The molecule has 20 heavy (non-hydrogen) atoms. The smallest absolute Gasteiger partial charge is 0.310 e. The molecule has 0 spiro atoms.